The molecule has 0 aromatic heterocycles. The van der Waals surface area contributed by atoms with Crippen LogP contribution in [0.25, 0.3) is 0 Å². The summed E-state index contributed by atoms with van der Waals surface area (Å²) in [5, 5.41) is 11.0. The number of hydrogen-bond acceptors (Lipinski definition) is 5. The van der Waals surface area contributed by atoms with Gasteiger partial charge < -0.3 is 16.2 Å². The molecule has 6 nitrogen and oxygen atoms in total. The van der Waals surface area contributed by atoms with Crippen molar-refractivity contribution < 1.29 is 19.5 Å². The van der Waals surface area contributed by atoms with Crippen LogP contribution in [0.15, 0.2) is 24.3 Å². The summed E-state index contributed by atoms with van der Waals surface area (Å²) in [6, 6.07) is 6.63. The first kappa shape index (κ1) is 31.1. The van der Waals surface area contributed by atoms with Crippen molar-refractivity contribution in [1.82, 2.24) is 0 Å². The average molecular weight is 492 g/mol. The second-order valence-electron chi connectivity index (χ2n) is 6.45. The molecular formula is C22H29Cl3N2O4. The van der Waals surface area contributed by atoms with Crippen molar-refractivity contribution in [3.05, 3.63) is 56.6 Å². The third-order valence-corrected chi connectivity index (χ3v) is 4.22. The number of ketones is 2. The SMILES string of the molecule is CC(=O)Nc1cc(C)c(C(C)=O)c(Cl)c1.CC(=O)c1c(C)cc(N)cc1Cl.CCO.Cl. The van der Waals surface area contributed by atoms with Crippen molar-refractivity contribution >= 4 is 64.5 Å². The zero-order chi connectivity index (χ0) is 23.6. The van der Waals surface area contributed by atoms with Crippen molar-refractivity contribution in [2.45, 2.75) is 41.5 Å². The maximum atomic E-state index is 11.2. The number of anilines is 2. The van der Waals surface area contributed by atoms with E-state index in [0.29, 0.717) is 32.5 Å². The second-order valence-corrected chi connectivity index (χ2v) is 7.27. The summed E-state index contributed by atoms with van der Waals surface area (Å²) in [7, 11) is 0. The highest BCUT2D eigenvalue weighted by atomic mass is 35.5. The average Bonchev–Trinajstić information content (AvgIpc) is 2.52. The number of Topliss-reactive ketones (excluding diaryl/α,β-unsaturated/α-hetero) is 2. The van der Waals surface area contributed by atoms with Gasteiger partial charge in [-0.25, -0.2) is 0 Å². The number of rotatable bonds is 3. The highest BCUT2D eigenvalue weighted by molar-refractivity contribution is 6.34. The third kappa shape index (κ3) is 10.6. The molecule has 2 rings (SSSR count). The van der Waals surface area contributed by atoms with Crippen molar-refractivity contribution in [3.8, 4) is 0 Å². The fraction of sp³-hybridized carbons (Fsp3) is 0.318. The van der Waals surface area contributed by atoms with Gasteiger partial charge in [-0.1, -0.05) is 23.2 Å². The molecule has 9 heteroatoms. The minimum absolute atomic E-state index is 0. The number of aliphatic hydroxyl groups excluding tert-OH is 1. The Balaban J connectivity index is 0. The lowest BCUT2D eigenvalue weighted by atomic mass is 10.0. The summed E-state index contributed by atoms with van der Waals surface area (Å²) in [5.74, 6) is -0.273. The zero-order valence-electron chi connectivity index (χ0n) is 18.4. The van der Waals surface area contributed by atoms with Crippen LogP contribution in [0.2, 0.25) is 10.0 Å². The highest BCUT2D eigenvalue weighted by Crippen LogP contribution is 2.25. The number of nitrogen functional groups attached to an aromatic ring is 1. The van der Waals surface area contributed by atoms with E-state index in [2.05, 4.69) is 5.32 Å². The van der Waals surface area contributed by atoms with E-state index >= 15 is 0 Å². The fourth-order valence-electron chi connectivity index (χ4n) is 2.68. The number of aryl methyl sites for hydroxylation is 2. The molecule has 172 valence electrons. The van der Waals surface area contributed by atoms with Gasteiger partial charge in [0, 0.05) is 36.0 Å². The minimum Gasteiger partial charge on any atom is -0.399 e. The van der Waals surface area contributed by atoms with E-state index in [1.807, 2.05) is 6.92 Å². The topological polar surface area (TPSA) is 109 Å². The van der Waals surface area contributed by atoms with Crippen LogP contribution in [0.5, 0.6) is 0 Å². The third-order valence-electron chi connectivity index (χ3n) is 3.62. The molecule has 0 bridgehead atoms. The van der Waals surface area contributed by atoms with Crippen LogP contribution in [0.1, 0.15) is 59.5 Å². The maximum absolute atomic E-state index is 11.2. The van der Waals surface area contributed by atoms with Crippen LogP contribution in [0.4, 0.5) is 11.4 Å². The molecule has 0 unspecified atom stereocenters. The van der Waals surface area contributed by atoms with Crippen LogP contribution in [-0.4, -0.2) is 29.2 Å². The van der Waals surface area contributed by atoms with Gasteiger partial charge in [-0.3, -0.25) is 14.4 Å². The largest absolute Gasteiger partial charge is 0.399 e. The molecule has 2 aromatic carbocycles. The number of hydrogen-bond donors (Lipinski definition) is 3. The summed E-state index contributed by atoms with van der Waals surface area (Å²) in [6.45, 7) is 9.91. The van der Waals surface area contributed by atoms with Gasteiger partial charge in [0.25, 0.3) is 0 Å². The summed E-state index contributed by atoms with van der Waals surface area (Å²) in [5.41, 5.74) is 9.38. The Labute approximate surface area is 199 Å². The van der Waals surface area contributed by atoms with Crippen LogP contribution < -0.4 is 11.1 Å². The standard InChI is InChI=1S/C11H12ClNO2.C9H10ClNO.C2H6O.ClH/c1-6-4-9(13-8(3)15)5-10(12)11(6)7(2)14;1-5-3-7(11)4-8(10)9(5)6(2)12;1-2-3;/h4-5H,1-3H3,(H,13,15);3-4H,11H2,1-2H3;3H,2H2,1H3;1H. The molecule has 0 fully saturated rings. The Kier molecular flexibility index (Phi) is 14.8. The van der Waals surface area contributed by atoms with Gasteiger partial charge in [-0.2, -0.15) is 0 Å². The van der Waals surface area contributed by atoms with Gasteiger partial charge >= 0.3 is 0 Å². The molecular weight excluding hydrogens is 463 g/mol. The van der Waals surface area contributed by atoms with Gasteiger partial charge in [0.2, 0.25) is 5.91 Å². The predicted molar refractivity (Wildman–Crippen MR) is 131 cm³/mol. The first-order valence-electron chi connectivity index (χ1n) is 9.11. The molecule has 0 heterocycles. The minimum atomic E-state index is -0.166. The number of aliphatic hydroxyl groups is 1. The predicted octanol–water partition coefficient (Wildman–Crippen LogP) is 5.66. The lowest BCUT2D eigenvalue weighted by Crippen LogP contribution is -2.07. The molecule has 2 aromatic rings. The van der Waals surface area contributed by atoms with E-state index in [9.17, 15) is 14.4 Å². The van der Waals surface area contributed by atoms with Gasteiger partial charge in [0.1, 0.15) is 0 Å². The number of nitrogens with two attached hydrogens (primary N) is 1. The van der Waals surface area contributed by atoms with E-state index in [1.54, 1.807) is 38.1 Å². The van der Waals surface area contributed by atoms with Gasteiger partial charge in [-0.05, 0) is 70.0 Å². The highest BCUT2D eigenvalue weighted by Gasteiger charge is 2.11. The quantitative estimate of drug-likeness (QED) is 0.379. The summed E-state index contributed by atoms with van der Waals surface area (Å²) in [4.78, 5) is 33.2. The van der Waals surface area contributed by atoms with E-state index < -0.39 is 0 Å². The van der Waals surface area contributed by atoms with E-state index in [4.69, 9.17) is 34.0 Å². The lowest BCUT2D eigenvalue weighted by Gasteiger charge is -2.08. The monoisotopic (exact) mass is 490 g/mol. The Hall–Kier alpha value is -2.12. The van der Waals surface area contributed by atoms with E-state index in [-0.39, 0.29) is 36.5 Å². The molecule has 0 saturated heterocycles. The Morgan fingerprint density at radius 1 is 0.903 bits per heavy atom. The van der Waals surface area contributed by atoms with Crippen LogP contribution in [0.3, 0.4) is 0 Å². The molecule has 0 aliphatic carbocycles. The molecule has 0 radical (unpaired) electrons. The summed E-state index contributed by atoms with van der Waals surface area (Å²) in [6.07, 6.45) is 0. The molecule has 0 aliphatic rings. The fourth-order valence-corrected chi connectivity index (χ4v) is 3.49. The number of benzene rings is 2. The van der Waals surface area contributed by atoms with Crippen molar-refractivity contribution in [2.75, 3.05) is 17.7 Å². The van der Waals surface area contributed by atoms with Gasteiger partial charge in [0.15, 0.2) is 11.6 Å². The van der Waals surface area contributed by atoms with Crippen molar-refractivity contribution in [3.63, 3.8) is 0 Å². The summed E-state index contributed by atoms with van der Waals surface area (Å²) < 4.78 is 0. The van der Waals surface area contributed by atoms with E-state index in [0.717, 1.165) is 11.1 Å². The van der Waals surface area contributed by atoms with Crippen molar-refractivity contribution in [2.24, 2.45) is 0 Å². The second kappa shape index (κ2) is 14.8. The van der Waals surface area contributed by atoms with Gasteiger partial charge in [-0.15, -0.1) is 12.4 Å². The molecule has 0 aliphatic heterocycles. The molecule has 0 saturated carbocycles. The number of carbonyl (C=O) groups is 3. The van der Waals surface area contributed by atoms with Crippen molar-refractivity contribution in [1.29, 1.82) is 0 Å². The number of nitrogens with one attached hydrogen (secondary N) is 1. The molecule has 31 heavy (non-hydrogen) atoms. The first-order valence-corrected chi connectivity index (χ1v) is 9.87. The number of halogens is 3. The Morgan fingerprint density at radius 2 is 1.29 bits per heavy atom. The number of carbonyl (C=O) groups excluding carboxylic acids is 3. The smallest absolute Gasteiger partial charge is 0.221 e. The molecule has 0 spiro atoms. The summed E-state index contributed by atoms with van der Waals surface area (Å²) >= 11 is 11.8. The van der Waals surface area contributed by atoms with Crippen LogP contribution in [-0.2, 0) is 4.79 Å². The maximum Gasteiger partial charge on any atom is 0.221 e. The Morgan fingerprint density at radius 3 is 1.61 bits per heavy atom. The first-order chi connectivity index (χ1) is 13.8. The lowest BCUT2D eigenvalue weighted by molar-refractivity contribution is -0.114. The Bertz CT molecular complexity index is 885. The molecule has 0 atom stereocenters. The molecule has 4 N–H and O–H groups in total. The van der Waals surface area contributed by atoms with Gasteiger partial charge in [0.05, 0.1) is 10.0 Å². The van der Waals surface area contributed by atoms with Crippen LogP contribution in [0, 0.1) is 13.8 Å². The van der Waals surface area contributed by atoms with Crippen LogP contribution >= 0.6 is 35.6 Å². The normalized spacial score (nSPS) is 9.19. The zero-order valence-corrected chi connectivity index (χ0v) is 20.8. The number of amides is 1. The van der Waals surface area contributed by atoms with E-state index in [1.165, 1.54) is 20.8 Å². The molecule has 1 amide bonds.